The first kappa shape index (κ1) is 11.2. The lowest BCUT2D eigenvalue weighted by atomic mass is 10.1. The van der Waals surface area contributed by atoms with Crippen molar-refractivity contribution in [3.05, 3.63) is 53.3 Å². The van der Waals surface area contributed by atoms with Gasteiger partial charge in [-0.2, -0.15) is 5.26 Å². The Labute approximate surface area is 101 Å². The van der Waals surface area contributed by atoms with Crippen molar-refractivity contribution in [1.82, 2.24) is 4.98 Å². The van der Waals surface area contributed by atoms with Crippen molar-refractivity contribution >= 4 is 11.4 Å². The molecule has 1 aromatic carbocycles. The van der Waals surface area contributed by atoms with E-state index in [1.165, 1.54) is 0 Å². The van der Waals surface area contributed by atoms with E-state index in [2.05, 4.69) is 16.4 Å². The number of hydrogen-bond donors (Lipinski definition) is 1. The van der Waals surface area contributed by atoms with Crippen LogP contribution in [0.15, 0.2) is 36.7 Å². The molecular formula is C14H13N3. The number of anilines is 2. The monoisotopic (exact) mass is 223 g/mol. The summed E-state index contributed by atoms with van der Waals surface area (Å²) in [6.07, 6.45) is 3.51. The van der Waals surface area contributed by atoms with Gasteiger partial charge >= 0.3 is 0 Å². The summed E-state index contributed by atoms with van der Waals surface area (Å²) >= 11 is 0. The Bertz CT molecular complexity index is 582. The van der Waals surface area contributed by atoms with Crippen molar-refractivity contribution in [3.63, 3.8) is 0 Å². The third-order valence-electron chi connectivity index (χ3n) is 2.60. The van der Waals surface area contributed by atoms with E-state index < -0.39 is 0 Å². The van der Waals surface area contributed by atoms with Crippen molar-refractivity contribution in [3.8, 4) is 6.07 Å². The summed E-state index contributed by atoms with van der Waals surface area (Å²) in [6.45, 7) is 4.01. The molecule has 3 nitrogen and oxygen atoms in total. The molecule has 0 saturated carbocycles. The molecule has 0 aliphatic carbocycles. The Morgan fingerprint density at radius 2 is 2.00 bits per heavy atom. The number of nitriles is 1. The van der Waals surface area contributed by atoms with Crippen LogP contribution in [0.25, 0.3) is 0 Å². The van der Waals surface area contributed by atoms with Gasteiger partial charge in [0, 0.05) is 6.20 Å². The normalized spacial score (nSPS) is 9.71. The first-order valence-electron chi connectivity index (χ1n) is 5.39. The zero-order valence-corrected chi connectivity index (χ0v) is 9.86. The number of pyridine rings is 1. The van der Waals surface area contributed by atoms with Crippen molar-refractivity contribution in [1.29, 1.82) is 5.26 Å². The van der Waals surface area contributed by atoms with Crippen LogP contribution in [0.2, 0.25) is 0 Å². The van der Waals surface area contributed by atoms with E-state index in [9.17, 15) is 0 Å². The molecule has 2 rings (SSSR count). The maximum atomic E-state index is 9.05. The number of nitrogens with zero attached hydrogens (tertiary/aromatic N) is 2. The average molecular weight is 223 g/mol. The fraction of sp³-hybridized carbons (Fsp3) is 0.143. The summed E-state index contributed by atoms with van der Waals surface area (Å²) in [5.41, 5.74) is 4.61. The Morgan fingerprint density at radius 1 is 1.18 bits per heavy atom. The van der Waals surface area contributed by atoms with Gasteiger partial charge in [0.1, 0.15) is 6.07 Å². The molecular weight excluding hydrogens is 210 g/mol. The van der Waals surface area contributed by atoms with Gasteiger partial charge in [-0.15, -0.1) is 0 Å². The van der Waals surface area contributed by atoms with Crippen LogP contribution in [0.3, 0.4) is 0 Å². The summed E-state index contributed by atoms with van der Waals surface area (Å²) in [5, 5.41) is 12.3. The predicted molar refractivity (Wildman–Crippen MR) is 68.2 cm³/mol. The van der Waals surface area contributed by atoms with Crippen LogP contribution in [-0.4, -0.2) is 4.98 Å². The summed E-state index contributed by atoms with van der Waals surface area (Å²) in [6, 6.07) is 9.83. The Balaban J connectivity index is 2.40. The molecule has 0 radical (unpaired) electrons. The number of nitrogens with one attached hydrogen (secondary N) is 1. The molecule has 1 N–H and O–H groups in total. The van der Waals surface area contributed by atoms with Gasteiger partial charge in [-0.25, -0.2) is 0 Å². The van der Waals surface area contributed by atoms with Crippen LogP contribution >= 0.6 is 0 Å². The van der Waals surface area contributed by atoms with Gasteiger partial charge in [-0.05, 0) is 43.2 Å². The molecule has 0 amide bonds. The van der Waals surface area contributed by atoms with Crippen molar-refractivity contribution in [2.45, 2.75) is 13.8 Å². The molecule has 0 fully saturated rings. The highest BCUT2D eigenvalue weighted by molar-refractivity contribution is 5.68. The van der Waals surface area contributed by atoms with Crippen LogP contribution in [0.1, 0.15) is 16.7 Å². The molecule has 1 aromatic heterocycles. The molecule has 0 bridgehead atoms. The highest BCUT2D eigenvalue weighted by Crippen LogP contribution is 2.23. The molecule has 17 heavy (non-hydrogen) atoms. The van der Waals surface area contributed by atoms with Crippen LogP contribution in [-0.2, 0) is 0 Å². The SMILES string of the molecule is Cc1ccc(C#N)c(Nc2cnccc2C)c1. The minimum atomic E-state index is 0.638. The molecule has 0 saturated heterocycles. The lowest BCUT2D eigenvalue weighted by molar-refractivity contribution is 1.27. The highest BCUT2D eigenvalue weighted by atomic mass is 14.9. The van der Waals surface area contributed by atoms with Crippen LogP contribution in [0.4, 0.5) is 11.4 Å². The largest absolute Gasteiger partial charge is 0.353 e. The molecule has 0 aliphatic heterocycles. The Kier molecular flexibility index (Phi) is 3.06. The number of aryl methyl sites for hydroxylation is 2. The Hall–Kier alpha value is -2.34. The van der Waals surface area contributed by atoms with Crippen LogP contribution < -0.4 is 5.32 Å². The van der Waals surface area contributed by atoms with Crippen LogP contribution in [0, 0.1) is 25.2 Å². The number of hydrogen-bond acceptors (Lipinski definition) is 3. The molecule has 84 valence electrons. The van der Waals surface area contributed by atoms with E-state index in [0.717, 1.165) is 22.5 Å². The average Bonchev–Trinajstić information content (AvgIpc) is 2.32. The van der Waals surface area contributed by atoms with Gasteiger partial charge in [-0.3, -0.25) is 4.98 Å². The van der Waals surface area contributed by atoms with E-state index in [4.69, 9.17) is 5.26 Å². The van der Waals surface area contributed by atoms with Crippen molar-refractivity contribution in [2.75, 3.05) is 5.32 Å². The van der Waals surface area contributed by atoms with Crippen molar-refractivity contribution < 1.29 is 0 Å². The zero-order valence-electron chi connectivity index (χ0n) is 9.86. The van der Waals surface area contributed by atoms with E-state index in [1.807, 2.05) is 38.1 Å². The van der Waals surface area contributed by atoms with Gasteiger partial charge in [-0.1, -0.05) is 6.07 Å². The first-order valence-corrected chi connectivity index (χ1v) is 5.39. The minimum absolute atomic E-state index is 0.638. The summed E-state index contributed by atoms with van der Waals surface area (Å²) in [7, 11) is 0. The number of benzene rings is 1. The molecule has 0 aliphatic rings. The summed E-state index contributed by atoms with van der Waals surface area (Å²) in [5.74, 6) is 0. The van der Waals surface area contributed by atoms with Gasteiger partial charge in [0.2, 0.25) is 0 Å². The number of rotatable bonds is 2. The van der Waals surface area contributed by atoms with E-state index in [0.29, 0.717) is 5.56 Å². The Morgan fingerprint density at radius 3 is 2.71 bits per heavy atom. The van der Waals surface area contributed by atoms with E-state index in [1.54, 1.807) is 12.4 Å². The molecule has 0 atom stereocenters. The second-order valence-corrected chi connectivity index (χ2v) is 3.98. The lowest BCUT2D eigenvalue weighted by Gasteiger charge is -2.10. The maximum Gasteiger partial charge on any atom is 0.101 e. The van der Waals surface area contributed by atoms with Crippen LogP contribution in [0.5, 0.6) is 0 Å². The maximum absolute atomic E-state index is 9.05. The van der Waals surface area contributed by atoms with E-state index in [-0.39, 0.29) is 0 Å². The smallest absolute Gasteiger partial charge is 0.101 e. The second kappa shape index (κ2) is 4.67. The summed E-state index contributed by atoms with van der Waals surface area (Å²) < 4.78 is 0. The minimum Gasteiger partial charge on any atom is -0.353 e. The van der Waals surface area contributed by atoms with E-state index >= 15 is 0 Å². The quantitative estimate of drug-likeness (QED) is 0.849. The summed E-state index contributed by atoms with van der Waals surface area (Å²) in [4.78, 5) is 4.07. The third kappa shape index (κ3) is 2.43. The molecule has 0 spiro atoms. The topological polar surface area (TPSA) is 48.7 Å². The molecule has 1 heterocycles. The fourth-order valence-corrected chi connectivity index (χ4v) is 1.60. The van der Waals surface area contributed by atoms with Gasteiger partial charge in [0.05, 0.1) is 23.1 Å². The zero-order chi connectivity index (χ0) is 12.3. The van der Waals surface area contributed by atoms with Gasteiger partial charge in [0.15, 0.2) is 0 Å². The molecule has 2 aromatic rings. The highest BCUT2D eigenvalue weighted by Gasteiger charge is 2.04. The molecule has 3 heteroatoms. The first-order chi connectivity index (χ1) is 8.20. The molecule has 0 unspecified atom stereocenters. The predicted octanol–water partition coefficient (Wildman–Crippen LogP) is 3.31. The fourth-order valence-electron chi connectivity index (χ4n) is 1.60. The lowest BCUT2D eigenvalue weighted by Crippen LogP contribution is -1.96. The number of aromatic nitrogens is 1. The second-order valence-electron chi connectivity index (χ2n) is 3.98. The standard InChI is InChI=1S/C14H13N3/c1-10-3-4-12(8-15)13(7-10)17-14-9-16-6-5-11(14)2/h3-7,9,17H,1-2H3. The van der Waals surface area contributed by atoms with Crippen molar-refractivity contribution in [2.24, 2.45) is 0 Å². The van der Waals surface area contributed by atoms with Gasteiger partial charge < -0.3 is 5.32 Å². The van der Waals surface area contributed by atoms with Gasteiger partial charge in [0.25, 0.3) is 0 Å². The third-order valence-corrected chi connectivity index (χ3v) is 2.60.